The molecular weight excluding hydrogens is 427 g/mol. The fourth-order valence-electron chi connectivity index (χ4n) is 5.26. The summed E-state index contributed by atoms with van der Waals surface area (Å²) in [4.78, 5) is 22.0. The molecule has 0 radical (unpaired) electrons. The van der Waals surface area contributed by atoms with Crippen LogP contribution in [0.15, 0.2) is 41.2 Å². The number of benzene rings is 2. The number of anilines is 2. The molecule has 2 aliphatic rings. The maximum absolute atomic E-state index is 15.3. The molecule has 1 unspecified atom stereocenters. The smallest absolute Gasteiger partial charge is 0.325 e. The summed E-state index contributed by atoms with van der Waals surface area (Å²) >= 11 is 0. The van der Waals surface area contributed by atoms with Gasteiger partial charge in [0, 0.05) is 35.8 Å². The molecule has 5 rings (SSSR count). The summed E-state index contributed by atoms with van der Waals surface area (Å²) in [6.07, 6.45) is 2.89. The molecule has 176 valence electrons. The molecule has 2 aliphatic heterocycles. The van der Waals surface area contributed by atoms with Crippen LogP contribution in [0.2, 0.25) is 0 Å². The molecule has 1 saturated heterocycles. The van der Waals surface area contributed by atoms with Crippen LogP contribution in [-0.2, 0) is 12.0 Å². The summed E-state index contributed by atoms with van der Waals surface area (Å²) in [5, 5.41) is 0.385. The number of nitrogens with zero attached hydrogens (tertiary/aromatic N) is 4. The van der Waals surface area contributed by atoms with Crippen LogP contribution < -0.4 is 10.6 Å². The van der Waals surface area contributed by atoms with Crippen LogP contribution in [0.4, 0.5) is 15.9 Å². The van der Waals surface area contributed by atoms with E-state index in [1.165, 1.54) is 6.07 Å². The van der Waals surface area contributed by atoms with Crippen LogP contribution in [-0.4, -0.2) is 41.1 Å². The Kier molecular flexibility index (Phi) is 5.69. The molecule has 0 N–H and O–H groups in total. The average Bonchev–Trinajstić information content (AvgIpc) is 3.21. The van der Waals surface area contributed by atoms with E-state index in [0.717, 1.165) is 49.2 Å². The monoisotopic (exact) mass is 458 g/mol. The van der Waals surface area contributed by atoms with Gasteiger partial charge in [-0.25, -0.2) is 9.18 Å². The van der Waals surface area contributed by atoms with Crippen molar-refractivity contribution in [2.45, 2.75) is 45.6 Å². The number of likely N-dealkylation sites (tertiary alicyclic amines) is 1. The third-order valence-corrected chi connectivity index (χ3v) is 6.83. The van der Waals surface area contributed by atoms with Gasteiger partial charge in [0.2, 0.25) is 0 Å². The van der Waals surface area contributed by atoms with Gasteiger partial charge in [0.1, 0.15) is 5.82 Å². The second-order valence-electron chi connectivity index (χ2n) is 10.4. The molecule has 34 heavy (non-hydrogen) atoms. The lowest BCUT2D eigenvalue weighted by Crippen LogP contribution is -2.37. The van der Waals surface area contributed by atoms with Crippen molar-refractivity contribution in [3.8, 4) is 11.8 Å². The maximum atomic E-state index is 15.3. The van der Waals surface area contributed by atoms with E-state index in [4.69, 9.17) is 0 Å². The summed E-state index contributed by atoms with van der Waals surface area (Å²) in [6, 6.07) is 11.0. The van der Waals surface area contributed by atoms with Gasteiger partial charge in [0.15, 0.2) is 5.82 Å². The van der Waals surface area contributed by atoms with Gasteiger partial charge in [-0.2, -0.15) is 4.98 Å². The Morgan fingerprint density at radius 2 is 1.91 bits per heavy atom. The van der Waals surface area contributed by atoms with Gasteiger partial charge in [0.05, 0.1) is 10.9 Å². The number of aromatic nitrogens is 2. The molecule has 3 aromatic rings. The van der Waals surface area contributed by atoms with Gasteiger partial charge >= 0.3 is 5.69 Å². The average molecular weight is 459 g/mol. The highest BCUT2D eigenvalue weighted by Gasteiger charge is 2.28. The molecular formula is C28H31FN4O. The highest BCUT2D eigenvalue weighted by Crippen LogP contribution is 2.38. The Labute approximate surface area is 200 Å². The first-order chi connectivity index (χ1) is 16.2. The Balaban J connectivity index is 1.65. The molecule has 0 amide bonds. The first-order valence-corrected chi connectivity index (χ1v) is 12.1. The quantitative estimate of drug-likeness (QED) is 0.497. The molecule has 1 aromatic heterocycles. The topological polar surface area (TPSA) is 41.4 Å². The normalized spacial score (nSPS) is 18.6. The zero-order chi connectivity index (χ0) is 24.0. The van der Waals surface area contributed by atoms with Crippen molar-refractivity contribution < 1.29 is 4.39 Å². The molecule has 1 fully saturated rings. The minimum absolute atomic E-state index is 0.367. The van der Waals surface area contributed by atoms with Crippen LogP contribution in [0.25, 0.3) is 10.9 Å². The van der Waals surface area contributed by atoms with Crippen molar-refractivity contribution in [1.29, 1.82) is 0 Å². The van der Waals surface area contributed by atoms with Crippen molar-refractivity contribution in [3.05, 3.63) is 63.8 Å². The third-order valence-electron chi connectivity index (χ3n) is 6.83. The van der Waals surface area contributed by atoms with Gasteiger partial charge in [-0.15, -0.1) is 0 Å². The molecule has 0 bridgehead atoms. The highest BCUT2D eigenvalue weighted by atomic mass is 19.1. The predicted octanol–water partition coefficient (Wildman–Crippen LogP) is 4.68. The molecule has 2 aromatic carbocycles. The van der Waals surface area contributed by atoms with Gasteiger partial charge in [-0.05, 0) is 83.5 Å². The zero-order valence-electron chi connectivity index (χ0n) is 20.4. The van der Waals surface area contributed by atoms with E-state index >= 15 is 4.39 Å². The Bertz CT molecular complexity index is 1380. The summed E-state index contributed by atoms with van der Waals surface area (Å²) < 4.78 is 16.9. The lowest BCUT2D eigenvalue weighted by Gasteiger charge is -2.33. The fourth-order valence-corrected chi connectivity index (χ4v) is 5.26. The summed E-state index contributed by atoms with van der Waals surface area (Å²) in [5.41, 5.74) is 2.81. The van der Waals surface area contributed by atoms with Crippen LogP contribution in [0, 0.1) is 23.6 Å². The molecule has 5 nitrogen and oxygen atoms in total. The number of halogens is 1. The van der Waals surface area contributed by atoms with Crippen molar-refractivity contribution >= 4 is 22.4 Å². The van der Waals surface area contributed by atoms with Gasteiger partial charge in [0.25, 0.3) is 0 Å². The lowest BCUT2D eigenvalue weighted by atomic mass is 9.95. The number of fused-ring (bicyclic) bond motifs is 2. The van der Waals surface area contributed by atoms with E-state index in [1.807, 2.05) is 43.9 Å². The van der Waals surface area contributed by atoms with Crippen LogP contribution in [0.1, 0.15) is 44.7 Å². The fraction of sp³-hybridized carbons (Fsp3) is 0.429. The second kappa shape index (κ2) is 8.56. The number of hydrogen-bond acceptors (Lipinski definition) is 4. The Morgan fingerprint density at radius 1 is 1.12 bits per heavy atom. The van der Waals surface area contributed by atoms with Gasteiger partial charge < -0.3 is 9.80 Å². The van der Waals surface area contributed by atoms with Gasteiger partial charge in [-0.3, -0.25) is 4.57 Å². The van der Waals surface area contributed by atoms with Crippen LogP contribution >= 0.6 is 0 Å². The summed E-state index contributed by atoms with van der Waals surface area (Å²) in [7, 11) is 2.13. The lowest BCUT2D eigenvalue weighted by molar-refractivity contribution is 0.391. The first kappa shape index (κ1) is 22.6. The van der Waals surface area contributed by atoms with E-state index < -0.39 is 5.54 Å². The molecule has 0 aliphatic carbocycles. The minimum Gasteiger partial charge on any atom is -0.325 e. The van der Waals surface area contributed by atoms with Crippen molar-refractivity contribution in [3.63, 3.8) is 0 Å². The minimum atomic E-state index is -0.522. The Morgan fingerprint density at radius 3 is 2.65 bits per heavy atom. The SMILES string of the molecule is CN1CCC(C#Cc2cccc3c2CCCN3c2nc(=O)n(C(C)(C)C)c3cccc(F)c23)C1. The second-order valence-corrected chi connectivity index (χ2v) is 10.4. The van der Waals surface area contributed by atoms with Crippen LogP contribution in [0.3, 0.4) is 0 Å². The number of rotatable bonds is 1. The molecule has 1 atom stereocenters. The van der Waals surface area contributed by atoms with Gasteiger partial charge in [-0.1, -0.05) is 24.0 Å². The molecule has 0 spiro atoms. The van der Waals surface area contributed by atoms with E-state index in [0.29, 0.717) is 29.2 Å². The van der Waals surface area contributed by atoms with Crippen LogP contribution in [0.5, 0.6) is 0 Å². The Hall–Kier alpha value is -3.17. The first-order valence-electron chi connectivity index (χ1n) is 12.1. The van der Waals surface area contributed by atoms with E-state index in [-0.39, 0.29) is 11.5 Å². The zero-order valence-corrected chi connectivity index (χ0v) is 20.4. The van der Waals surface area contributed by atoms with E-state index in [2.05, 4.69) is 34.8 Å². The highest BCUT2D eigenvalue weighted by molar-refractivity contribution is 5.93. The van der Waals surface area contributed by atoms with Crippen molar-refractivity contribution in [1.82, 2.24) is 14.5 Å². The van der Waals surface area contributed by atoms with Crippen molar-refractivity contribution in [2.75, 3.05) is 31.6 Å². The largest absolute Gasteiger partial charge is 0.350 e. The van der Waals surface area contributed by atoms with E-state index in [1.54, 1.807) is 10.6 Å². The van der Waals surface area contributed by atoms with Crippen molar-refractivity contribution in [2.24, 2.45) is 5.92 Å². The summed E-state index contributed by atoms with van der Waals surface area (Å²) in [5.74, 6) is 7.31. The predicted molar refractivity (Wildman–Crippen MR) is 135 cm³/mol. The molecule has 3 heterocycles. The van der Waals surface area contributed by atoms with E-state index in [9.17, 15) is 4.79 Å². The standard InChI is InChI=1S/C28H31FN4O/c1-28(2,3)33-24-12-6-10-22(29)25(24)26(30-27(33)34)32-16-7-9-21-20(8-5-11-23(21)32)14-13-19-15-17-31(4)18-19/h5-6,8,10-12,19H,7,9,15-18H2,1-4H3. The molecule has 0 saturated carbocycles. The maximum Gasteiger partial charge on any atom is 0.350 e. The summed E-state index contributed by atoms with van der Waals surface area (Å²) in [6.45, 7) is 8.57. The molecule has 6 heteroatoms. The third kappa shape index (κ3) is 3.99. The number of hydrogen-bond donors (Lipinski definition) is 0.